The molecular weight excluding hydrogens is 431 g/mol. The van der Waals surface area contributed by atoms with Gasteiger partial charge >= 0.3 is 6.18 Å². The Labute approximate surface area is 190 Å². The van der Waals surface area contributed by atoms with Crippen LogP contribution in [0.5, 0.6) is 5.75 Å². The van der Waals surface area contributed by atoms with Crippen LogP contribution in [-0.2, 0) is 12.7 Å². The largest absolute Gasteiger partial charge is 0.486 e. The molecule has 1 saturated heterocycles. The maximum Gasteiger partial charge on any atom is 0.416 e. The standard InChI is InChI=1S/C25H24F3N3O2/c1-16-11-18(5-9-22(16)24(32)29-2)23-10-8-20(12-30-23)33-21-14-31(15-21)13-17-3-6-19(7-4-17)25(26,27)28/h3-12,21H,13-15H2,1-2H3,(H,29,32). The van der Waals surface area contributed by atoms with E-state index in [4.69, 9.17) is 4.74 Å². The summed E-state index contributed by atoms with van der Waals surface area (Å²) in [4.78, 5) is 18.4. The van der Waals surface area contributed by atoms with Crippen LogP contribution in [0.25, 0.3) is 11.3 Å². The fourth-order valence-corrected chi connectivity index (χ4v) is 3.81. The SMILES string of the molecule is CNC(=O)c1ccc(-c2ccc(OC3CN(Cc4ccc(C(F)(F)F)cc4)C3)cn2)cc1C. The van der Waals surface area contributed by atoms with Gasteiger partial charge in [-0.05, 0) is 54.4 Å². The van der Waals surface area contributed by atoms with Crippen LogP contribution >= 0.6 is 0 Å². The maximum atomic E-state index is 12.7. The van der Waals surface area contributed by atoms with Crippen molar-refractivity contribution in [3.8, 4) is 17.0 Å². The Hall–Kier alpha value is -3.39. The third-order valence-electron chi connectivity index (χ3n) is 5.64. The quantitative estimate of drug-likeness (QED) is 0.586. The third-order valence-corrected chi connectivity index (χ3v) is 5.64. The van der Waals surface area contributed by atoms with E-state index in [0.717, 1.165) is 34.5 Å². The van der Waals surface area contributed by atoms with Gasteiger partial charge in [0, 0.05) is 37.8 Å². The predicted octanol–water partition coefficient (Wildman–Crippen LogP) is 4.70. The van der Waals surface area contributed by atoms with Crippen molar-refractivity contribution in [1.82, 2.24) is 15.2 Å². The van der Waals surface area contributed by atoms with Gasteiger partial charge in [-0.2, -0.15) is 13.2 Å². The molecule has 0 unspecified atom stereocenters. The number of likely N-dealkylation sites (tertiary alicyclic amines) is 1. The van der Waals surface area contributed by atoms with Crippen LogP contribution in [-0.4, -0.2) is 42.0 Å². The van der Waals surface area contributed by atoms with Crippen molar-refractivity contribution in [2.75, 3.05) is 20.1 Å². The third kappa shape index (κ3) is 5.34. The van der Waals surface area contributed by atoms with E-state index in [-0.39, 0.29) is 12.0 Å². The highest BCUT2D eigenvalue weighted by molar-refractivity contribution is 5.96. The van der Waals surface area contributed by atoms with E-state index in [2.05, 4.69) is 15.2 Å². The van der Waals surface area contributed by atoms with Gasteiger partial charge in [0.05, 0.1) is 17.5 Å². The molecule has 1 fully saturated rings. The number of aromatic nitrogens is 1. The Balaban J connectivity index is 1.29. The predicted molar refractivity (Wildman–Crippen MR) is 119 cm³/mol. The zero-order valence-electron chi connectivity index (χ0n) is 18.3. The van der Waals surface area contributed by atoms with E-state index in [9.17, 15) is 18.0 Å². The summed E-state index contributed by atoms with van der Waals surface area (Å²) in [6.07, 6.45) is -2.62. The summed E-state index contributed by atoms with van der Waals surface area (Å²) in [5.74, 6) is 0.542. The Morgan fingerprint density at radius 3 is 2.42 bits per heavy atom. The second-order valence-corrected chi connectivity index (χ2v) is 8.12. The number of aryl methyl sites for hydroxylation is 1. The number of amides is 1. The number of pyridine rings is 1. The Kier molecular flexibility index (Phi) is 6.37. The molecule has 4 rings (SSSR count). The molecule has 5 nitrogen and oxygen atoms in total. The summed E-state index contributed by atoms with van der Waals surface area (Å²) in [7, 11) is 1.60. The molecule has 1 aliphatic heterocycles. The van der Waals surface area contributed by atoms with Crippen LogP contribution in [0.1, 0.15) is 27.0 Å². The van der Waals surface area contributed by atoms with Crippen molar-refractivity contribution in [3.63, 3.8) is 0 Å². The average Bonchev–Trinajstić information content (AvgIpc) is 2.77. The Bertz CT molecular complexity index is 1120. The number of nitrogens with zero attached hydrogens (tertiary/aromatic N) is 2. The fraction of sp³-hybridized carbons (Fsp3) is 0.280. The molecule has 0 radical (unpaired) electrons. The van der Waals surface area contributed by atoms with E-state index in [1.54, 1.807) is 19.3 Å². The van der Waals surface area contributed by atoms with Crippen molar-refractivity contribution in [1.29, 1.82) is 0 Å². The first-order valence-electron chi connectivity index (χ1n) is 10.6. The van der Waals surface area contributed by atoms with Gasteiger partial charge in [0.2, 0.25) is 0 Å². The summed E-state index contributed by atoms with van der Waals surface area (Å²) < 4.78 is 44.0. The minimum Gasteiger partial charge on any atom is -0.486 e. The Morgan fingerprint density at radius 1 is 1.12 bits per heavy atom. The molecule has 8 heteroatoms. The monoisotopic (exact) mass is 455 g/mol. The van der Waals surface area contributed by atoms with E-state index in [1.165, 1.54) is 12.1 Å². The van der Waals surface area contributed by atoms with Crippen LogP contribution in [0.4, 0.5) is 13.2 Å². The summed E-state index contributed by atoms with van der Waals surface area (Å²) in [6.45, 7) is 3.87. The highest BCUT2D eigenvalue weighted by atomic mass is 19.4. The number of alkyl halides is 3. The number of rotatable bonds is 6. The number of halogens is 3. The lowest BCUT2D eigenvalue weighted by molar-refractivity contribution is -0.137. The number of ether oxygens (including phenoxy) is 1. The van der Waals surface area contributed by atoms with Gasteiger partial charge in [0.25, 0.3) is 5.91 Å². The second kappa shape index (κ2) is 9.23. The van der Waals surface area contributed by atoms with E-state index in [1.807, 2.05) is 31.2 Å². The van der Waals surface area contributed by atoms with Crippen LogP contribution in [0, 0.1) is 6.92 Å². The van der Waals surface area contributed by atoms with Crippen molar-refractivity contribution in [3.05, 3.63) is 83.0 Å². The molecule has 1 amide bonds. The smallest absolute Gasteiger partial charge is 0.416 e. The second-order valence-electron chi connectivity index (χ2n) is 8.12. The molecule has 0 atom stereocenters. The van der Waals surface area contributed by atoms with E-state index >= 15 is 0 Å². The lowest BCUT2D eigenvalue weighted by Gasteiger charge is -2.39. The van der Waals surface area contributed by atoms with Crippen LogP contribution in [0.2, 0.25) is 0 Å². The molecule has 172 valence electrons. The minimum absolute atomic E-state index is 0.0150. The molecule has 0 bridgehead atoms. The van der Waals surface area contributed by atoms with Crippen molar-refractivity contribution in [2.24, 2.45) is 0 Å². The number of benzene rings is 2. The average molecular weight is 455 g/mol. The highest BCUT2D eigenvalue weighted by Crippen LogP contribution is 2.30. The first kappa shape index (κ1) is 22.8. The van der Waals surface area contributed by atoms with Gasteiger partial charge in [-0.3, -0.25) is 14.7 Å². The normalized spacial score (nSPS) is 14.6. The number of hydrogen-bond donors (Lipinski definition) is 1. The molecule has 0 spiro atoms. The van der Waals surface area contributed by atoms with Crippen LogP contribution in [0.15, 0.2) is 60.8 Å². The van der Waals surface area contributed by atoms with Crippen LogP contribution < -0.4 is 10.1 Å². The molecule has 0 saturated carbocycles. The molecule has 2 heterocycles. The summed E-state index contributed by atoms with van der Waals surface area (Å²) in [5, 5.41) is 2.63. The topological polar surface area (TPSA) is 54.5 Å². The van der Waals surface area contributed by atoms with Crippen molar-refractivity contribution < 1.29 is 22.7 Å². The molecule has 3 aromatic rings. The molecular formula is C25H24F3N3O2. The highest BCUT2D eigenvalue weighted by Gasteiger charge is 2.31. The molecule has 1 aromatic heterocycles. The zero-order valence-corrected chi connectivity index (χ0v) is 18.3. The lowest BCUT2D eigenvalue weighted by Crippen LogP contribution is -2.53. The van der Waals surface area contributed by atoms with Gasteiger partial charge < -0.3 is 10.1 Å². The number of hydrogen-bond acceptors (Lipinski definition) is 4. The summed E-state index contributed by atoms with van der Waals surface area (Å²) >= 11 is 0. The van der Waals surface area contributed by atoms with Crippen molar-refractivity contribution >= 4 is 5.91 Å². The number of carbonyl (C=O) groups excluding carboxylic acids is 1. The zero-order chi connectivity index (χ0) is 23.6. The molecule has 0 aliphatic carbocycles. The van der Waals surface area contributed by atoms with Gasteiger partial charge in [0.15, 0.2) is 0 Å². The maximum absolute atomic E-state index is 12.7. The van der Waals surface area contributed by atoms with Gasteiger partial charge in [-0.15, -0.1) is 0 Å². The van der Waals surface area contributed by atoms with Crippen molar-refractivity contribution in [2.45, 2.75) is 25.7 Å². The van der Waals surface area contributed by atoms with Crippen LogP contribution in [0.3, 0.4) is 0 Å². The van der Waals surface area contributed by atoms with Gasteiger partial charge in [-0.1, -0.05) is 18.2 Å². The molecule has 1 N–H and O–H groups in total. The first-order valence-corrected chi connectivity index (χ1v) is 10.6. The Morgan fingerprint density at radius 2 is 1.85 bits per heavy atom. The summed E-state index contributed by atoms with van der Waals surface area (Å²) in [6, 6.07) is 14.6. The number of carbonyl (C=O) groups is 1. The van der Waals surface area contributed by atoms with Gasteiger partial charge in [0.1, 0.15) is 11.9 Å². The molecule has 1 aliphatic rings. The summed E-state index contributed by atoms with van der Waals surface area (Å²) in [5.41, 5.74) is 3.41. The molecule has 2 aromatic carbocycles. The van der Waals surface area contributed by atoms with E-state index in [0.29, 0.717) is 30.9 Å². The number of nitrogens with one attached hydrogen (secondary N) is 1. The lowest BCUT2D eigenvalue weighted by atomic mass is 10.0. The first-order chi connectivity index (χ1) is 15.7. The molecule has 33 heavy (non-hydrogen) atoms. The van der Waals surface area contributed by atoms with E-state index < -0.39 is 11.7 Å². The minimum atomic E-state index is -4.31. The van der Waals surface area contributed by atoms with Gasteiger partial charge in [-0.25, -0.2) is 0 Å². The fourth-order valence-electron chi connectivity index (χ4n) is 3.81.